The summed E-state index contributed by atoms with van der Waals surface area (Å²) in [7, 11) is 3.41. The zero-order valence-electron chi connectivity index (χ0n) is 14.4. The van der Waals surface area contributed by atoms with Gasteiger partial charge in [0.25, 0.3) is 5.91 Å². The molecule has 128 valence electrons. The minimum absolute atomic E-state index is 0.128. The quantitative estimate of drug-likeness (QED) is 0.797. The maximum atomic E-state index is 12.7. The fourth-order valence-corrected chi connectivity index (χ4v) is 2.98. The van der Waals surface area contributed by atoms with Crippen molar-refractivity contribution < 1.29 is 9.53 Å². The van der Waals surface area contributed by atoms with E-state index in [2.05, 4.69) is 5.32 Å². The van der Waals surface area contributed by atoms with Crippen LogP contribution in [-0.2, 0) is 7.05 Å². The SMILES string of the molecule is COc1ccccc1[C@@H](C)NC(=O)c1cn(C)c2ccccc2c1=O. The van der Waals surface area contributed by atoms with E-state index in [9.17, 15) is 9.59 Å². The molecule has 1 aromatic heterocycles. The van der Waals surface area contributed by atoms with Crippen molar-refractivity contribution in [2.24, 2.45) is 7.05 Å². The molecule has 0 radical (unpaired) electrons. The molecule has 3 rings (SSSR count). The second-order valence-electron chi connectivity index (χ2n) is 5.94. The number of pyridine rings is 1. The van der Waals surface area contributed by atoms with Crippen LogP contribution in [0.15, 0.2) is 59.5 Å². The van der Waals surface area contributed by atoms with E-state index in [4.69, 9.17) is 4.74 Å². The summed E-state index contributed by atoms with van der Waals surface area (Å²) in [6.07, 6.45) is 1.58. The number of nitrogens with one attached hydrogen (secondary N) is 1. The van der Waals surface area contributed by atoms with Gasteiger partial charge >= 0.3 is 0 Å². The van der Waals surface area contributed by atoms with Gasteiger partial charge in [0.1, 0.15) is 11.3 Å². The van der Waals surface area contributed by atoms with Crippen LogP contribution in [0.1, 0.15) is 28.9 Å². The van der Waals surface area contributed by atoms with Crippen LogP contribution in [0, 0.1) is 0 Å². The number of carbonyl (C=O) groups is 1. The lowest BCUT2D eigenvalue weighted by molar-refractivity contribution is 0.0938. The molecule has 0 aliphatic carbocycles. The molecule has 0 saturated carbocycles. The molecule has 25 heavy (non-hydrogen) atoms. The van der Waals surface area contributed by atoms with Crippen molar-refractivity contribution in [3.63, 3.8) is 0 Å². The van der Waals surface area contributed by atoms with Crippen LogP contribution in [0.4, 0.5) is 0 Å². The van der Waals surface area contributed by atoms with Crippen molar-refractivity contribution in [1.29, 1.82) is 0 Å². The first-order chi connectivity index (χ1) is 12.0. The molecule has 0 unspecified atom stereocenters. The minimum atomic E-state index is -0.398. The second kappa shape index (κ2) is 6.81. The van der Waals surface area contributed by atoms with Crippen molar-refractivity contribution in [3.05, 3.63) is 76.1 Å². The number of aromatic nitrogens is 1. The number of rotatable bonds is 4. The van der Waals surface area contributed by atoms with E-state index < -0.39 is 5.91 Å². The molecular formula is C20H20N2O3. The lowest BCUT2D eigenvalue weighted by atomic mass is 10.1. The molecule has 1 heterocycles. The lowest BCUT2D eigenvalue weighted by Gasteiger charge is -2.17. The van der Waals surface area contributed by atoms with Crippen molar-refractivity contribution in [1.82, 2.24) is 9.88 Å². The maximum Gasteiger partial charge on any atom is 0.257 e. The third kappa shape index (κ3) is 3.13. The standard InChI is InChI=1S/C20H20N2O3/c1-13(14-8-5-7-11-18(14)25-3)21-20(24)16-12-22(2)17-10-6-4-9-15(17)19(16)23/h4-13H,1-3H3,(H,21,24)/t13-/m1/s1. The van der Waals surface area contributed by atoms with E-state index in [0.29, 0.717) is 11.1 Å². The molecule has 0 spiro atoms. The summed E-state index contributed by atoms with van der Waals surface area (Å²) >= 11 is 0. The van der Waals surface area contributed by atoms with Gasteiger partial charge in [0.05, 0.1) is 18.7 Å². The van der Waals surface area contributed by atoms with Gasteiger partial charge in [-0.25, -0.2) is 0 Å². The van der Waals surface area contributed by atoms with E-state index in [1.807, 2.05) is 50.4 Å². The highest BCUT2D eigenvalue weighted by atomic mass is 16.5. The first-order valence-corrected chi connectivity index (χ1v) is 8.05. The van der Waals surface area contributed by atoms with Crippen LogP contribution in [0.25, 0.3) is 10.9 Å². The predicted molar refractivity (Wildman–Crippen MR) is 98.1 cm³/mol. The number of nitrogens with zero attached hydrogens (tertiary/aromatic N) is 1. The van der Waals surface area contributed by atoms with Gasteiger partial charge in [0.15, 0.2) is 0 Å². The van der Waals surface area contributed by atoms with Crippen molar-refractivity contribution in [3.8, 4) is 5.75 Å². The molecule has 3 aromatic rings. The average Bonchev–Trinajstić information content (AvgIpc) is 2.64. The normalized spacial score (nSPS) is 12.0. The Morgan fingerprint density at radius 2 is 1.80 bits per heavy atom. The van der Waals surface area contributed by atoms with Crippen LogP contribution in [0.5, 0.6) is 5.75 Å². The Kier molecular flexibility index (Phi) is 4.57. The Hall–Kier alpha value is -3.08. The smallest absolute Gasteiger partial charge is 0.257 e. The van der Waals surface area contributed by atoms with E-state index in [0.717, 1.165) is 11.1 Å². The zero-order chi connectivity index (χ0) is 18.0. The number of methoxy groups -OCH3 is 1. The molecule has 5 nitrogen and oxygen atoms in total. The second-order valence-corrected chi connectivity index (χ2v) is 5.94. The molecule has 0 aliphatic rings. The van der Waals surface area contributed by atoms with E-state index in [1.165, 1.54) is 0 Å². The van der Waals surface area contributed by atoms with Gasteiger partial charge in [-0.3, -0.25) is 9.59 Å². The number of hydrogen-bond acceptors (Lipinski definition) is 3. The number of ether oxygens (including phenoxy) is 1. The van der Waals surface area contributed by atoms with Gasteiger partial charge in [0.2, 0.25) is 5.43 Å². The molecule has 0 aliphatic heterocycles. The Balaban J connectivity index is 1.95. The summed E-state index contributed by atoms with van der Waals surface area (Å²) in [6, 6.07) is 14.4. The molecule has 2 aromatic carbocycles. The van der Waals surface area contributed by atoms with Gasteiger partial charge in [-0.15, -0.1) is 0 Å². The summed E-state index contributed by atoms with van der Waals surface area (Å²) in [5, 5.41) is 3.42. The number of aryl methyl sites for hydroxylation is 1. The third-order valence-electron chi connectivity index (χ3n) is 4.29. The molecule has 1 atom stereocenters. The van der Waals surface area contributed by atoms with Gasteiger partial charge < -0.3 is 14.6 Å². The number of fused-ring (bicyclic) bond motifs is 1. The van der Waals surface area contributed by atoms with Crippen LogP contribution in [0.3, 0.4) is 0 Å². The van der Waals surface area contributed by atoms with Crippen molar-refractivity contribution >= 4 is 16.8 Å². The van der Waals surface area contributed by atoms with E-state index in [1.54, 1.807) is 30.0 Å². The summed E-state index contributed by atoms with van der Waals surface area (Å²) in [5.74, 6) is 0.298. The summed E-state index contributed by atoms with van der Waals surface area (Å²) in [5.41, 5.74) is 1.51. The molecule has 0 fully saturated rings. The van der Waals surface area contributed by atoms with Crippen molar-refractivity contribution in [2.75, 3.05) is 7.11 Å². The highest BCUT2D eigenvalue weighted by molar-refractivity contribution is 5.97. The van der Waals surface area contributed by atoms with Crippen LogP contribution >= 0.6 is 0 Å². The molecule has 1 N–H and O–H groups in total. The monoisotopic (exact) mass is 336 g/mol. The highest BCUT2D eigenvalue weighted by Crippen LogP contribution is 2.24. The molecule has 1 amide bonds. The first kappa shape index (κ1) is 16.8. The van der Waals surface area contributed by atoms with E-state index in [-0.39, 0.29) is 17.0 Å². The van der Waals surface area contributed by atoms with Gasteiger partial charge in [-0.2, -0.15) is 0 Å². The van der Waals surface area contributed by atoms with Gasteiger partial charge in [-0.05, 0) is 25.1 Å². The Morgan fingerprint density at radius 1 is 1.12 bits per heavy atom. The number of benzene rings is 2. The molecular weight excluding hydrogens is 316 g/mol. The number of para-hydroxylation sites is 2. The molecule has 5 heteroatoms. The number of hydrogen-bond donors (Lipinski definition) is 1. The summed E-state index contributed by atoms with van der Waals surface area (Å²) in [6.45, 7) is 1.86. The van der Waals surface area contributed by atoms with Gasteiger partial charge in [-0.1, -0.05) is 30.3 Å². The maximum absolute atomic E-state index is 12.7. The zero-order valence-corrected chi connectivity index (χ0v) is 14.4. The van der Waals surface area contributed by atoms with Gasteiger partial charge in [0, 0.05) is 24.2 Å². The summed E-state index contributed by atoms with van der Waals surface area (Å²) in [4.78, 5) is 25.3. The fourth-order valence-electron chi connectivity index (χ4n) is 2.98. The molecule has 0 bridgehead atoms. The van der Waals surface area contributed by atoms with Crippen LogP contribution in [-0.4, -0.2) is 17.6 Å². The predicted octanol–water partition coefficient (Wildman–Crippen LogP) is 3.04. The van der Waals surface area contributed by atoms with Crippen molar-refractivity contribution in [2.45, 2.75) is 13.0 Å². The Morgan fingerprint density at radius 3 is 2.56 bits per heavy atom. The first-order valence-electron chi connectivity index (χ1n) is 8.05. The molecule has 0 saturated heterocycles. The number of amides is 1. The lowest BCUT2D eigenvalue weighted by Crippen LogP contribution is -2.31. The minimum Gasteiger partial charge on any atom is -0.496 e. The Labute approximate surface area is 145 Å². The van der Waals surface area contributed by atoms with Crippen LogP contribution < -0.4 is 15.5 Å². The third-order valence-corrected chi connectivity index (χ3v) is 4.29. The van der Waals surface area contributed by atoms with E-state index >= 15 is 0 Å². The summed E-state index contributed by atoms with van der Waals surface area (Å²) < 4.78 is 7.13. The number of carbonyl (C=O) groups excluding carboxylic acids is 1. The fraction of sp³-hybridized carbons (Fsp3) is 0.200. The average molecular weight is 336 g/mol. The topological polar surface area (TPSA) is 60.3 Å². The largest absolute Gasteiger partial charge is 0.496 e. The van der Waals surface area contributed by atoms with Crippen LogP contribution in [0.2, 0.25) is 0 Å². The highest BCUT2D eigenvalue weighted by Gasteiger charge is 2.18. The Bertz CT molecular complexity index is 992.